The maximum Gasteiger partial charge on any atom is 0.330 e. The third-order valence-electron chi connectivity index (χ3n) is 10.4. The zero-order chi connectivity index (χ0) is 31.0. The van der Waals surface area contributed by atoms with Gasteiger partial charge in [0.05, 0.1) is 19.8 Å². The number of hydrogen-bond acceptors (Lipinski definition) is 6. The van der Waals surface area contributed by atoms with Gasteiger partial charge in [-0.3, -0.25) is 0 Å². The summed E-state index contributed by atoms with van der Waals surface area (Å²) >= 11 is 0. The van der Waals surface area contributed by atoms with Crippen LogP contribution in [0.15, 0.2) is 84.6 Å². The number of nitrogens with zero attached hydrogens (tertiary/aromatic N) is 2. The maximum absolute atomic E-state index is 14.7. The van der Waals surface area contributed by atoms with Crippen LogP contribution in [0, 0.1) is 17.8 Å². The number of β-amino-alcohol motifs (C(OH)–C–C–N with tert-alkyl or cyclic N) is 1. The minimum absolute atomic E-state index is 0.00415. The molecule has 1 N–H and O–H groups in total. The Morgan fingerprint density at radius 1 is 1.05 bits per heavy atom. The normalized spacial score (nSPS) is 26.8. The van der Waals surface area contributed by atoms with Gasteiger partial charge in [-0.1, -0.05) is 75.7 Å². The second kappa shape index (κ2) is 12.3. The van der Waals surface area contributed by atoms with Crippen molar-refractivity contribution >= 4 is 22.8 Å². The molecule has 1 saturated carbocycles. The molecule has 0 radical (unpaired) electrons. The molecule has 3 aliphatic rings. The van der Waals surface area contributed by atoms with Crippen molar-refractivity contribution in [2.45, 2.75) is 70.1 Å². The van der Waals surface area contributed by atoms with E-state index in [9.17, 15) is 14.7 Å². The molecule has 2 aromatic carbocycles. The third kappa shape index (κ3) is 5.47. The molecular weight excluding hydrogens is 552 g/mol. The molecule has 2 bridgehead atoms. The molecule has 7 nitrogen and oxygen atoms in total. The summed E-state index contributed by atoms with van der Waals surface area (Å²) in [7, 11) is 1.35. The molecule has 3 heterocycles. The van der Waals surface area contributed by atoms with Crippen LogP contribution < -0.4 is 0 Å². The number of aliphatic hydroxyl groups excluding tert-OH is 1. The van der Waals surface area contributed by atoms with E-state index in [0.717, 1.165) is 41.4 Å². The predicted octanol–water partition coefficient (Wildman–Crippen LogP) is 6.49. The number of allylic oxidation sites excluding steroid dienone is 2. The van der Waals surface area contributed by atoms with Crippen LogP contribution in [0.4, 0.5) is 0 Å². The number of aliphatic hydroxyl groups is 1. The van der Waals surface area contributed by atoms with Gasteiger partial charge in [-0.25, -0.2) is 9.59 Å². The number of esters is 2. The summed E-state index contributed by atoms with van der Waals surface area (Å²) in [6.45, 7) is 7.25. The monoisotopic (exact) mass is 596 g/mol. The third-order valence-corrected chi connectivity index (χ3v) is 10.4. The SMILES string of the molecule is COC(=O)/C=C/C1=CN(CCO)[C@H]2C[C@@H]1[C@H](C(=O)O[C@@H]1C[C@H](C)CC[C@H]1C(C)(C)c1ccccc1)n1c2cc2ccccc21. The summed E-state index contributed by atoms with van der Waals surface area (Å²) in [4.78, 5) is 29.0. The fourth-order valence-electron chi connectivity index (χ4n) is 8.02. The number of carbonyl (C=O) groups excluding carboxylic acids is 2. The second-order valence-corrected chi connectivity index (χ2v) is 13.3. The van der Waals surface area contributed by atoms with E-state index in [1.807, 2.05) is 24.4 Å². The van der Waals surface area contributed by atoms with Crippen LogP contribution in [0.5, 0.6) is 0 Å². The van der Waals surface area contributed by atoms with Gasteiger partial charge in [0, 0.05) is 41.9 Å². The van der Waals surface area contributed by atoms with E-state index in [0.29, 0.717) is 18.9 Å². The Balaban J connectivity index is 1.41. The number of fused-ring (bicyclic) bond motifs is 6. The molecule has 44 heavy (non-hydrogen) atoms. The summed E-state index contributed by atoms with van der Waals surface area (Å²) in [6.07, 6.45) is 8.58. The van der Waals surface area contributed by atoms with E-state index in [1.54, 1.807) is 6.08 Å². The van der Waals surface area contributed by atoms with Gasteiger partial charge < -0.3 is 24.0 Å². The number of rotatable bonds is 8. The number of aromatic nitrogens is 1. The number of methoxy groups -OCH3 is 1. The van der Waals surface area contributed by atoms with E-state index in [1.165, 1.54) is 18.7 Å². The Bertz CT molecular complexity index is 1570. The molecule has 0 amide bonds. The first-order valence-electron chi connectivity index (χ1n) is 15.9. The van der Waals surface area contributed by atoms with Gasteiger partial charge in [-0.15, -0.1) is 0 Å². The van der Waals surface area contributed by atoms with Crippen LogP contribution in [-0.4, -0.2) is 52.9 Å². The van der Waals surface area contributed by atoms with E-state index in [4.69, 9.17) is 9.47 Å². The van der Waals surface area contributed by atoms with E-state index >= 15 is 0 Å². The average molecular weight is 597 g/mol. The number of para-hydroxylation sites is 1. The highest BCUT2D eigenvalue weighted by molar-refractivity contribution is 5.86. The van der Waals surface area contributed by atoms with Crippen LogP contribution in [0.1, 0.15) is 69.8 Å². The van der Waals surface area contributed by atoms with Crippen molar-refractivity contribution in [3.05, 3.63) is 95.8 Å². The van der Waals surface area contributed by atoms with Crippen LogP contribution in [0.3, 0.4) is 0 Å². The van der Waals surface area contributed by atoms with E-state index in [-0.39, 0.29) is 42.0 Å². The predicted molar refractivity (Wildman–Crippen MR) is 171 cm³/mol. The highest BCUT2D eigenvalue weighted by Crippen LogP contribution is 2.51. The van der Waals surface area contributed by atoms with Gasteiger partial charge in [0.1, 0.15) is 12.1 Å². The molecule has 0 unspecified atom stereocenters. The molecule has 2 aliphatic heterocycles. The average Bonchev–Trinajstić information content (AvgIpc) is 3.41. The van der Waals surface area contributed by atoms with Gasteiger partial charge in [0.15, 0.2) is 0 Å². The molecular formula is C37H44N2O5. The van der Waals surface area contributed by atoms with Crippen molar-refractivity contribution in [3.8, 4) is 0 Å². The zero-order valence-corrected chi connectivity index (χ0v) is 26.2. The summed E-state index contributed by atoms with van der Waals surface area (Å²) in [6, 6.07) is 20.3. The van der Waals surface area contributed by atoms with Gasteiger partial charge in [0.25, 0.3) is 0 Å². The first-order valence-corrected chi connectivity index (χ1v) is 15.9. The zero-order valence-electron chi connectivity index (χ0n) is 26.2. The fraction of sp³-hybridized carbons (Fsp3) is 0.459. The van der Waals surface area contributed by atoms with Crippen molar-refractivity contribution in [1.82, 2.24) is 9.47 Å². The molecule has 3 aromatic rings. The number of benzene rings is 2. The first-order chi connectivity index (χ1) is 21.2. The van der Waals surface area contributed by atoms with E-state index < -0.39 is 12.0 Å². The largest absolute Gasteiger partial charge is 0.466 e. The molecule has 6 rings (SSSR count). The Hall–Kier alpha value is -3.84. The summed E-state index contributed by atoms with van der Waals surface area (Å²) in [5.41, 5.74) is 3.97. The Kier molecular flexibility index (Phi) is 8.42. The van der Waals surface area contributed by atoms with Crippen molar-refractivity contribution in [2.75, 3.05) is 20.3 Å². The summed E-state index contributed by atoms with van der Waals surface area (Å²) < 4.78 is 13.8. The first kappa shape index (κ1) is 30.2. The van der Waals surface area contributed by atoms with Crippen LogP contribution in [0.25, 0.3) is 10.9 Å². The molecule has 6 atom stereocenters. The number of ether oxygens (including phenoxy) is 2. The Morgan fingerprint density at radius 2 is 1.80 bits per heavy atom. The minimum atomic E-state index is -0.594. The van der Waals surface area contributed by atoms with Crippen molar-refractivity contribution in [3.63, 3.8) is 0 Å². The standard InChI is InChI=1S/C37H44N2O5/c1-24-14-16-29(37(2,3)27-11-6-5-7-12-27)33(20-24)44-36(42)35-28-22-31(32-21-25-10-8-9-13-30(25)39(32)35)38(18-19-40)23-26(28)15-17-34(41)43-4/h5-13,15,17,21,23-24,28-29,31,33,35,40H,14,16,18-20,22H2,1-4H3/b17-15+/t24-,28+,29-,31+,33-,35-/m1/s1. The van der Waals surface area contributed by atoms with Gasteiger partial charge in [-0.2, -0.15) is 0 Å². The summed E-state index contributed by atoms with van der Waals surface area (Å²) in [5.74, 6) is -0.242. The highest BCUT2D eigenvalue weighted by atomic mass is 16.5. The molecule has 0 spiro atoms. The number of carbonyl (C=O) groups is 2. The van der Waals surface area contributed by atoms with Gasteiger partial charge in [-0.05, 0) is 65.3 Å². The smallest absolute Gasteiger partial charge is 0.330 e. The van der Waals surface area contributed by atoms with Crippen molar-refractivity contribution in [1.29, 1.82) is 0 Å². The van der Waals surface area contributed by atoms with Crippen LogP contribution in [-0.2, 0) is 24.5 Å². The van der Waals surface area contributed by atoms with Gasteiger partial charge >= 0.3 is 11.9 Å². The lowest BCUT2D eigenvalue weighted by Crippen LogP contribution is -2.47. The van der Waals surface area contributed by atoms with Crippen molar-refractivity contribution in [2.24, 2.45) is 17.8 Å². The van der Waals surface area contributed by atoms with E-state index in [2.05, 4.69) is 72.7 Å². The molecule has 232 valence electrons. The summed E-state index contributed by atoms with van der Waals surface area (Å²) in [5, 5.41) is 11.0. The molecule has 7 heteroatoms. The lowest BCUT2D eigenvalue weighted by atomic mass is 9.64. The molecule has 1 aliphatic carbocycles. The fourth-order valence-corrected chi connectivity index (χ4v) is 8.02. The second-order valence-electron chi connectivity index (χ2n) is 13.3. The van der Waals surface area contributed by atoms with Crippen LogP contribution in [0.2, 0.25) is 0 Å². The Morgan fingerprint density at radius 3 is 2.55 bits per heavy atom. The molecule has 1 aromatic heterocycles. The quantitative estimate of drug-likeness (QED) is 0.237. The maximum atomic E-state index is 14.7. The van der Waals surface area contributed by atoms with Gasteiger partial charge in [0.2, 0.25) is 0 Å². The molecule has 0 saturated heterocycles. The lowest BCUT2D eigenvalue weighted by molar-refractivity contribution is -0.163. The molecule has 1 fully saturated rings. The number of hydrogen-bond donors (Lipinski definition) is 1. The topological polar surface area (TPSA) is 81.0 Å². The van der Waals surface area contributed by atoms with Crippen molar-refractivity contribution < 1.29 is 24.2 Å². The lowest BCUT2D eigenvalue weighted by Gasteiger charge is -2.47. The Labute approximate surface area is 260 Å². The highest BCUT2D eigenvalue weighted by Gasteiger charge is 2.48. The van der Waals surface area contributed by atoms with Crippen LogP contribution >= 0.6 is 0 Å². The minimum Gasteiger partial charge on any atom is -0.466 e.